The SMILES string of the molecule is CC(=NOCC1CCCCC1)c1ccc(C(F)(F)F)cc1C(F)(F)F. The monoisotopic (exact) mass is 367 g/mol. The van der Waals surface area contributed by atoms with Crippen molar-refractivity contribution in [1.82, 2.24) is 0 Å². The molecule has 0 bridgehead atoms. The zero-order valence-corrected chi connectivity index (χ0v) is 13.7. The highest BCUT2D eigenvalue weighted by Gasteiger charge is 2.38. The summed E-state index contributed by atoms with van der Waals surface area (Å²) in [5.74, 6) is 0.319. The maximum absolute atomic E-state index is 13.1. The molecule has 0 aliphatic heterocycles. The van der Waals surface area contributed by atoms with Crippen LogP contribution in [0.1, 0.15) is 55.7 Å². The van der Waals surface area contributed by atoms with Gasteiger partial charge in [0.05, 0.1) is 16.8 Å². The molecular weight excluding hydrogens is 348 g/mol. The zero-order valence-electron chi connectivity index (χ0n) is 13.7. The van der Waals surface area contributed by atoms with Crippen molar-refractivity contribution in [3.8, 4) is 0 Å². The van der Waals surface area contributed by atoms with Gasteiger partial charge >= 0.3 is 12.4 Å². The van der Waals surface area contributed by atoms with Gasteiger partial charge in [-0.05, 0) is 37.8 Å². The normalized spacial score (nSPS) is 17.6. The molecule has 1 aliphatic rings. The Balaban J connectivity index is 2.19. The quantitative estimate of drug-likeness (QED) is 0.361. The molecule has 1 fully saturated rings. The molecule has 2 nitrogen and oxygen atoms in total. The van der Waals surface area contributed by atoms with Gasteiger partial charge in [0.15, 0.2) is 0 Å². The average molecular weight is 367 g/mol. The first kappa shape index (κ1) is 19.6. The Hall–Kier alpha value is -1.73. The lowest BCUT2D eigenvalue weighted by Crippen LogP contribution is -2.16. The van der Waals surface area contributed by atoms with Gasteiger partial charge in [-0.2, -0.15) is 26.3 Å². The number of rotatable bonds is 4. The summed E-state index contributed by atoms with van der Waals surface area (Å²) in [6, 6.07) is 1.51. The minimum absolute atomic E-state index is 0.100. The van der Waals surface area contributed by atoms with E-state index < -0.39 is 29.0 Å². The number of nitrogens with zero attached hydrogens (tertiary/aromatic N) is 1. The molecule has 0 atom stereocenters. The molecule has 2 rings (SSSR count). The standard InChI is InChI=1S/C17H19F6NO/c1-11(24-25-10-12-5-3-2-4-6-12)14-8-7-13(16(18,19)20)9-15(14)17(21,22)23/h7-9,12H,2-6,10H2,1H3. The van der Waals surface area contributed by atoms with Crippen LogP contribution in [0.3, 0.4) is 0 Å². The van der Waals surface area contributed by atoms with E-state index in [0.29, 0.717) is 18.6 Å². The predicted molar refractivity (Wildman–Crippen MR) is 81.2 cm³/mol. The van der Waals surface area contributed by atoms with E-state index >= 15 is 0 Å². The van der Waals surface area contributed by atoms with E-state index in [9.17, 15) is 26.3 Å². The van der Waals surface area contributed by atoms with Crippen molar-refractivity contribution in [2.45, 2.75) is 51.4 Å². The van der Waals surface area contributed by atoms with Gasteiger partial charge in [0.25, 0.3) is 0 Å². The van der Waals surface area contributed by atoms with Gasteiger partial charge < -0.3 is 4.84 Å². The van der Waals surface area contributed by atoms with E-state index in [-0.39, 0.29) is 11.8 Å². The zero-order chi connectivity index (χ0) is 18.7. The van der Waals surface area contributed by atoms with E-state index in [1.54, 1.807) is 0 Å². The molecule has 0 radical (unpaired) electrons. The van der Waals surface area contributed by atoms with E-state index in [2.05, 4.69) is 5.16 Å². The Morgan fingerprint density at radius 1 is 1.04 bits per heavy atom. The number of halogens is 6. The lowest BCUT2D eigenvalue weighted by Gasteiger charge is -2.20. The first-order chi connectivity index (χ1) is 11.6. The maximum Gasteiger partial charge on any atom is 0.417 e. The molecule has 1 aliphatic carbocycles. The summed E-state index contributed by atoms with van der Waals surface area (Å²) in [6.45, 7) is 1.60. The van der Waals surface area contributed by atoms with Crippen LogP contribution in [-0.4, -0.2) is 12.3 Å². The first-order valence-corrected chi connectivity index (χ1v) is 8.04. The fourth-order valence-corrected chi connectivity index (χ4v) is 2.91. The number of benzene rings is 1. The van der Waals surface area contributed by atoms with Crippen LogP contribution < -0.4 is 0 Å². The topological polar surface area (TPSA) is 21.6 Å². The fourth-order valence-electron chi connectivity index (χ4n) is 2.91. The largest absolute Gasteiger partial charge is 0.417 e. The van der Waals surface area contributed by atoms with Crippen molar-refractivity contribution in [3.05, 3.63) is 34.9 Å². The highest BCUT2D eigenvalue weighted by Crippen LogP contribution is 2.37. The fraction of sp³-hybridized carbons (Fsp3) is 0.588. The van der Waals surface area contributed by atoms with Crippen molar-refractivity contribution in [2.75, 3.05) is 6.61 Å². The lowest BCUT2D eigenvalue weighted by molar-refractivity contribution is -0.143. The molecule has 140 valence electrons. The van der Waals surface area contributed by atoms with Gasteiger partial charge in [0.2, 0.25) is 0 Å². The maximum atomic E-state index is 13.1. The lowest BCUT2D eigenvalue weighted by atomic mass is 9.90. The van der Waals surface area contributed by atoms with Gasteiger partial charge in [0, 0.05) is 5.56 Å². The van der Waals surface area contributed by atoms with E-state index in [4.69, 9.17) is 4.84 Å². The summed E-state index contributed by atoms with van der Waals surface area (Å²) < 4.78 is 77.4. The molecule has 8 heteroatoms. The molecule has 0 heterocycles. The minimum atomic E-state index is -4.92. The van der Waals surface area contributed by atoms with Crippen LogP contribution in [0.25, 0.3) is 0 Å². The van der Waals surface area contributed by atoms with Crippen LogP contribution in [0.5, 0.6) is 0 Å². The van der Waals surface area contributed by atoms with Crippen LogP contribution in [-0.2, 0) is 17.2 Å². The Labute approximate surface area is 141 Å². The van der Waals surface area contributed by atoms with Crippen molar-refractivity contribution >= 4 is 5.71 Å². The third-order valence-electron chi connectivity index (χ3n) is 4.28. The molecule has 0 spiro atoms. The Morgan fingerprint density at radius 3 is 2.24 bits per heavy atom. The average Bonchev–Trinajstić information content (AvgIpc) is 2.53. The number of alkyl halides is 6. The van der Waals surface area contributed by atoms with Gasteiger partial charge in [-0.1, -0.05) is 30.5 Å². The van der Waals surface area contributed by atoms with Gasteiger partial charge in [-0.3, -0.25) is 0 Å². The van der Waals surface area contributed by atoms with Gasteiger partial charge in [0.1, 0.15) is 6.61 Å². The van der Waals surface area contributed by atoms with Crippen molar-refractivity contribution in [3.63, 3.8) is 0 Å². The molecule has 1 aromatic carbocycles. The second-order valence-electron chi connectivity index (χ2n) is 6.23. The highest BCUT2D eigenvalue weighted by molar-refractivity contribution is 5.99. The third-order valence-corrected chi connectivity index (χ3v) is 4.28. The Bertz CT molecular complexity index is 615. The molecule has 0 amide bonds. The second kappa shape index (κ2) is 7.66. The molecule has 0 saturated heterocycles. The van der Waals surface area contributed by atoms with Crippen LogP contribution >= 0.6 is 0 Å². The second-order valence-corrected chi connectivity index (χ2v) is 6.23. The molecule has 1 saturated carbocycles. The summed E-state index contributed by atoms with van der Waals surface area (Å²) in [4.78, 5) is 5.15. The van der Waals surface area contributed by atoms with Crippen LogP contribution in [0.2, 0.25) is 0 Å². The van der Waals surface area contributed by atoms with Crippen molar-refractivity contribution < 1.29 is 31.2 Å². The smallest absolute Gasteiger partial charge is 0.395 e. The predicted octanol–water partition coefficient (Wildman–Crippen LogP) is 6.05. The summed E-state index contributed by atoms with van der Waals surface area (Å²) in [5, 5.41) is 3.69. The molecule has 1 aromatic rings. The number of oxime groups is 1. The molecule has 25 heavy (non-hydrogen) atoms. The molecular formula is C17H19F6NO. The van der Waals surface area contributed by atoms with E-state index in [0.717, 1.165) is 31.7 Å². The minimum Gasteiger partial charge on any atom is -0.395 e. The number of hydrogen-bond acceptors (Lipinski definition) is 2. The summed E-state index contributed by atoms with van der Waals surface area (Å²) >= 11 is 0. The number of hydrogen-bond donors (Lipinski definition) is 0. The summed E-state index contributed by atoms with van der Waals surface area (Å²) in [5.41, 5.74) is -3.23. The van der Waals surface area contributed by atoms with Gasteiger partial charge in [-0.15, -0.1) is 0 Å². The summed E-state index contributed by atoms with van der Waals surface area (Å²) in [6.07, 6.45) is -4.44. The van der Waals surface area contributed by atoms with Crippen molar-refractivity contribution in [1.29, 1.82) is 0 Å². The van der Waals surface area contributed by atoms with Gasteiger partial charge in [-0.25, -0.2) is 0 Å². The third kappa shape index (κ3) is 5.37. The molecule has 0 N–H and O–H groups in total. The van der Waals surface area contributed by atoms with Crippen molar-refractivity contribution in [2.24, 2.45) is 11.1 Å². The van der Waals surface area contributed by atoms with Crippen LogP contribution in [0.4, 0.5) is 26.3 Å². The van der Waals surface area contributed by atoms with E-state index in [1.807, 2.05) is 0 Å². The van der Waals surface area contributed by atoms with Crippen LogP contribution in [0.15, 0.2) is 23.4 Å². The van der Waals surface area contributed by atoms with Crippen LogP contribution in [0, 0.1) is 5.92 Å². The highest BCUT2D eigenvalue weighted by atomic mass is 19.4. The molecule has 0 unspecified atom stereocenters. The Kier molecular flexibility index (Phi) is 6.00. The first-order valence-electron chi connectivity index (χ1n) is 8.04. The Morgan fingerprint density at radius 2 is 1.68 bits per heavy atom. The summed E-state index contributed by atoms with van der Waals surface area (Å²) in [7, 11) is 0. The van der Waals surface area contributed by atoms with E-state index in [1.165, 1.54) is 13.3 Å². The molecule has 0 aromatic heterocycles.